The first kappa shape index (κ1) is 24.3. The average Bonchev–Trinajstić information content (AvgIpc) is 3.27. The van der Waals surface area contributed by atoms with Gasteiger partial charge in [0.2, 0.25) is 0 Å². The molecule has 9 heteroatoms. The smallest absolute Gasteiger partial charge is 0.319 e. The first-order valence-electron chi connectivity index (χ1n) is 11.2. The van der Waals surface area contributed by atoms with Gasteiger partial charge in [0.1, 0.15) is 11.6 Å². The molecule has 0 aliphatic heterocycles. The van der Waals surface area contributed by atoms with Crippen molar-refractivity contribution in [3.8, 4) is 11.4 Å². The molecule has 7 nitrogen and oxygen atoms in total. The fourth-order valence-electron chi connectivity index (χ4n) is 3.33. The fraction of sp³-hybridized carbons (Fsp3) is 0.192. The summed E-state index contributed by atoms with van der Waals surface area (Å²) in [5.41, 5.74) is 3.66. The van der Waals surface area contributed by atoms with Gasteiger partial charge in [-0.05, 0) is 67.9 Å². The summed E-state index contributed by atoms with van der Waals surface area (Å²) >= 11 is 1.49. The van der Waals surface area contributed by atoms with Crippen LogP contribution in [0.4, 0.5) is 14.9 Å². The summed E-state index contributed by atoms with van der Waals surface area (Å²) in [5.74, 6) is 1.68. The van der Waals surface area contributed by atoms with Gasteiger partial charge in [-0.25, -0.2) is 9.18 Å². The van der Waals surface area contributed by atoms with Crippen LogP contribution in [0.1, 0.15) is 23.9 Å². The van der Waals surface area contributed by atoms with E-state index < -0.39 is 0 Å². The highest BCUT2D eigenvalue weighted by Gasteiger charge is 2.16. The van der Waals surface area contributed by atoms with Gasteiger partial charge in [0, 0.05) is 17.1 Å². The number of benzene rings is 3. The van der Waals surface area contributed by atoms with Crippen molar-refractivity contribution in [1.29, 1.82) is 0 Å². The molecule has 0 saturated heterocycles. The number of rotatable bonds is 9. The van der Waals surface area contributed by atoms with Crippen LogP contribution in [0.3, 0.4) is 0 Å². The number of aryl methyl sites for hydroxylation is 1. The van der Waals surface area contributed by atoms with Crippen LogP contribution in [-0.2, 0) is 12.3 Å². The number of hydrogen-bond donors (Lipinski definition) is 2. The molecular formula is C26H26FN5O2S. The van der Waals surface area contributed by atoms with E-state index in [2.05, 4.69) is 20.8 Å². The van der Waals surface area contributed by atoms with Crippen LogP contribution < -0.4 is 15.4 Å². The van der Waals surface area contributed by atoms with Gasteiger partial charge in [-0.15, -0.1) is 10.2 Å². The lowest BCUT2D eigenvalue weighted by Gasteiger charge is -2.12. The number of halogens is 1. The zero-order valence-corrected chi connectivity index (χ0v) is 20.3. The third-order valence-corrected chi connectivity index (χ3v) is 6.10. The molecule has 1 aromatic heterocycles. The van der Waals surface area contributed by atoms with Crippen LogP contribution in [-0.4, -0.2) is 27.4 Å². The molecule has 35 heavy (non-hydrogen) atoms. The van der Waals surface area contributed by atoms with Gasteiger partial charge >= 0.3 is 6.03 Å². The molecule has 2 amide bonds. The molecule has 2 N–H and O–H groups in total. The SMILES string of the molecule is CCOc1ccc(NC(=O)NCc2nnc(SCc3ccc(F)cc3)n2-c2ccc(C)cc2)cc1. The van der Waals surface area contributed by atoms with Gasteiger partial charge in [-0.3, -0.25) is 4.57 Å². The number of nitrogens with one attached hydrogen (secondary N) is 2. The van der Waals surface area contributed by atoms with Crippen molar-refractivity contribution in [2.75, 3.05) is 11.9 Å². The second-order valence-corrected chi connectivity index (χ2v) is 8.69. The Bertz CT molecular complexity index is 1260. The van der Waals surface area contributed by atoms with Gasteiger partial charge < -0.3 is 15.4 Å². The minimum atomic E-state index is -0.354. The van der Waals surface area contributed by atoms with Crippen molar-refractivity contribution in [2.24, 2.45) is 0 Å². The summed E-state index contributed by atoms with van der Waals surface area (Å²) in [7, 11) is 0. The Morgan fingerprint density at radius 3 is 2.40 bits per heavy atom. The maximum absolute atomic E-state index is 13.2. The second-order valence-electron chi connectivity index (χ2n) is 7.75. The number of anilines is 1. The molecular weight excluding hydrogens is 465 g/mol. The zero-order chi connectivity index (χ0) is 24.6. The van der Waals surface area contributed by atoms with E-state index in [1.165, 1.54) is 23.9 Å². The second kappa shape index (κ2) is 11.5. The largest absolute Gasteiger partial charge is 0.494 e. The lowest BCUT2D eigenvalue weighted by atomic mass is 10.2. The summed E-state index contributed by atoms with van der Waals surface area (Å²) < 4.78 is 20.6. The molecule has 0 atom stereocenters. The molecule has 0 bridgehead atoms. The van der Waals surface area contributed by atoms with Crippen molar-refractivity contribution in [3.05, 3.63) is 95.6 Å². The van der Waals surface area contributed by atoms with Crippen molar-refractivity contribution < 1.29 is 13.9 Å². The normalized spacial score (nSPS) is 10.7. The maximum Gasteiger partial charge on any atom is 0.319 e. The Hall–Kier alpha value is -3.85. The number of nitrogens with zero attached hydrogens (tertiary/aromatic N) is 3. The fourth-order valence-corrected chi connectivity index (χ4v) is 4.25. The summed E-state index contributed by atoms with van der Waals surface area (Å²) in [6, 6.07) is 21.2. The van der Waals surface area contributed by atoms with Gasteiger partial charge in [0.15, 0.2) is 11.0 Å². The van der Waals surface area contributed by atoms with E-state index in [1.54, 1.807) is 36.4 Å². The molecule has 4 aromatic rings. The number of ether oxygens (including phenoxy) is 1. The highest BCUT2D eigenvalue weighted by Crippen LogP contribution is 2.26. The molecule has 4 rings (SSSR count). The van der Waals surface area contributed by atoms with E-state index in [9.17, 15) is 9.18 Å². The van der Waals surface area contributed by atoms with Gasteiger partial charge in [-0.1, -0.05) is 41.6 Å². The highest BCUT2D eigenvalue weighted by atomic mass is 32.2. The van der Waals surface area contributed by atoms with Crippen LogP contribution in [0, 0.1) is 12.7 Å². The van der Waals surface area contributed by atoms with E-state index in [1.807, 2.05) is 42.7 Å². The first-order chi connectivity index (χ1) is 17.0. The topological polar surface area (TPSA) is 81.1 Å². The lowest BCUT2D eigenvalue weighted by molar-refractivity contribution is 0.251. The zero-order valence-electron chi connectivity index (χ0n) is 19.5. The Balaban J connectivity index is 1.46. The minimum absolute atomic E-state index is 0.181. The van der Waals surface area contributed by atoms with Gasteiger partial charge in [-0.2, -0.15) is 0 Å². The average molecular weight is 492 g/mol. The summed E-state index contributed by atoms with van der Waals surface area (Å²) in [5, 5.41) is 15.0. The summed E-state index contributed by atoms with van der Waals surface area (Å²) in [6.45, 7) is 4.70. The number of hydrogen-bond acceptors (Lipinski definition) is 5. The molecule has 0 aliphatic carbocycles. The molecule has 0 aliphatic rings. The van der Waals surface area contributed by atoms with Gasteiger partial charge in [0.25, 0.3) is 0 Å². The molecule has 0 saturated carbocycles. The Labute approximate surface area is 207 Å². The number of thioether (sulfide) groups is 1. The van der Waals surface area contributed by atoms with Crippen LogP contribution in [0.25, 0.3) is 5.69 Å². The standard InChI is InChI=1S/C26H26FN5O2S/c1-3-34-23-14-10-21(11-15-23)29-25(33)28-16-24-30-31-26(32(24)22-12-4-18(2)5-13-22)35-17-19-6-8-20(27)9-7-19/h4-15H,3,16-17H2,1-2H3,(H2,28,29,33). The van der Waals surface area contributed by atoms with Crippen LogP contribution in [0.15, 0.2) is 78.0 Å². The molecule has 180 valence electrons. The number of amides is 2. The Morgan fingerprint density at radius 2 is 1.71 bits per heavy atom. The van der Waals surface area contributed by atoms with Crippen molar-refractivity contribution in [2.45, 2.75) is 31.3 Å². The lowest BCUT2D eigenvalue weighted by Crippen LogP contribution is -2.29. The maximum atomic E-state index is 13.2. The van der Waals surface area contributed by atoms with E-state index in [0.717, 1.165) is 22.6 Å². The summed E-state index contributed by atoms with van der Waals surface area (Å²) in [4.78, 5) is 12.5. The molecule has 1 heterocycles. The van der Waals surface area contributed by atoms with Crippen molar-refractivity contribution in [3.63, 3.8) is 0 Å². The molecule has 0 spiro atoms. The number of urea groups is 1. The van der Waals surface area contributed by atoms with E-state index in [-0.39, 0.29) is 18.4 Å². The monoisotopic (exact) mass is 491 g/mol. The third-order valence-electron chi connectivity index (χ3n) is 5.10. The molecule has 0 fully saturated rings. The summed E-state index contributed by atoms with van der Waals surface area (Å²) in [6.07, 6.45) is 0. The first-order valence-corrected chi connectivity index (χ1v) is 12.2. The van der Waals surface area contributed by atoms with E-state index >= 15 is 0 Å². The third kappa shape index (κ3) is 6.60. The molecule has 3 aromatic carbocycles. The van der Waals surface area contributed by atoms with Crippen LogP contribution >= 0.6 is 11.8 Å². The van der Waals surface area contributed by atoms with E-state index in [4.69, 9.17) is 4.74 Å². The number of aromatic nitrogens is 3. The van der Waals surface area contributed by atoms with Crippen molar-refractivity contribution in [1.82, 2.24) is 20.1 Å². The molecule has 0 unspecified atom stereocenters. The minimum Gasteiger partial charge on any atom is -0.494 e. The highest BCUT2D eigenvalue weighted by molar-refractivity contribution is 7.98. The Kier molecular flexibility index (Phi) is 7.99. The predicted octanol–water partition coefficient (Wildman–Crippen LogP) is 5.73. The number of carbonyl (C=O) groups is 1. The van der Waals surface area contributed by atoms with Gasteiger partial charge in [0.05, 0.1) is 13.2 Å². The Morgan fingerprint density at radius 1 is 1.00 bits per heavy atom. The number of carbonyl (C=O) groups excluding carboxylic acids is 1. The van der Waals surface area contributed by atoms with Crippen LogP contribution in [0.2, 0.25) is 0 Å². The van der Waals surface area contributed by atoms with E-state index in [0.29, 0.717) is 29.0 Å². The van der Waals surface area contributed by atoms with Crippen LogP contribution in [0.5, 0.6) is 5.75 Å². The van der Waals surface area contributed by atoms with Crippen molar-refractivity contribution >= 4 is 23.5 Å². The molecule has 0 radical (unpaired) electrons. The quantitative estimate of drug-likeness (QED) is 0.292. The predicted molar refractivity (Wildman–Crippen MR) is 136 cm³/mol.